The molecule has 2 aromatic heterocycles. The van der Waals surface area contributed by atoms with Crippen LogP contribution in [0.5, 0.6) is 0 Å². The van der Waals surface area contributed by atoms with Crippen LogP contribution in [0.4, 0.5) is 5.69 Å². The summed E-state index contributed by atoms with van der Waals surface area (Å²) in [6.07, 6.45) is 3.22. The Bertz CT molecular complexity index is 586. The zero-order valence-electron chi connectivity index (χ0n) is 11.2. The Balaban J connectivity index is 2.12. The van der Waals surface area contributed by atoms with Crippen LogP contribution in [-0.2, 0) is 13.6 Å². The minimum Gasteiger partial charge on any atom is -0.396 e. The molecule has 0 saturated carbocycles. The van der Waals surface area contributed by atoms with E-state index in [4.69, 9.17) is 5.73 Å². The molecule has 0 radical (unpaired) electrons. The topological polar surface area (TPSA) is 104 Å². The Morgan fingerprint density at radius 2 is 2.32 bits per heavy atom. The first-order chi connectivity index (χ1) is 9.02. The second-order valence-corrected chi connectivity index (χ2v) is 4.28. The van der Waals surface area contributed by atoms with Crippen LogP contribution < -0.4 is 11.1 Å². The van der Waals surface area contributed by atoms with Gasteiger partial charge in [-0.05, 0) is 13.8 Å². The van der Waals surface area contributed by atoms with E-state index in [1.165, 1.54) is 0 Å². The van der Waals surface area contributed by atoms with Gasteiger partial charge < -0.3 is 15.6 Å². The molecule has 0 spiro atoms. The summed E-state index contributed by atoms with van der Waals surface area (Å²) in [5.41, 5.74) is 6.36. The van der Waals surface area contributed by atoms with Gasteiger partial charge in [0.05, 0.1) is 11.7 Å². The summed E-state index contributed by atoms with van der Waals surface area (Å²) in [6, 6.07) is -0.272. The van der Waals surface area contributed by atoms with Gasteiger partial charge in [0.2, 0.25) is 0 Å². The van der Waals surface area contributed by atoms with Crippen LogP contribution in [0.15, 0.2) is 12.5 Å². The lowest BCUT2D eigenvalue weighted by atomic mass is 10.3. The normalized spacial score (nSPS) is 12.4. The lowest BCUT2D eigenvalue weighted by molar-refractivity contribution is 0.0932. The third-order valence-electron chi connectivity index (χ3n) is 2.81. The van der Waals surface area contributed by atoms with Gasteiger partial charge in [0.25, 0.3) is 5.91 Å². The number of nitrogen functional groups attached to an aromatic ring is 1. The van der Waals surface area contributed by atoms with E-state index in [2.05, 4.69) is 20.6 Å². The minimum atomic E-state index is -0.319. The van der Waals surface area contributed by atoms with Gasteiger partial charge in [0, 0.05) is 19.8 Å². The van der Waals surface area contributed by atoms with Crippen LogP contribution in [0.1, 0.15) is 36.2 Å². The molecule has 0 saturated heterocycles. The van der Waals surface area contributed by atoms with Crippen molar-refractivity contribution >= 4 is 11.6 Å². The highest BCUT2D eigenvalue weighted by atomic mass is 16.2. The average Bonchev–Trinajstić information content (AvgIpc) is 2.95. The van der Waals surface area contributed by atoms with Gasteiger partial charge in [-0.3, -0.25) is 9.48 Å². The summed E-state index contributed by atoms with van der Waals surface area (Å²) in [5, 5.41) is 14.6. The number of carbonyl (C=O) groups is 1. The zero-order chi connectivity index (χ0) is 14.0. The molecule has 1 amide bonds. The summed E-state index contributed by atoms with van der Waals surface area (Å²) >= 11 is 0. The van der Waals surface area contributed by atoms with Gasteiger partial charge in [-0.15, -0.1) is 10.2 Å². The lowest BCUT2D eigenvalue weighted by Gasteiger charge is -2.12. The quantitative estimate of drug-likeness (QED) is 0.814. The van der Waals surface area contributed by atoms with Gasteiger partial charge in [0.1, 0.15) is 6.33 Å². The Morgan fingerprint density at radius 1 is 1.58 bits per heavy atom. The van der Waals surface area contributed by atoms with Crippen LogP contribution in [0.25, 0.3) is 0 Å². The Hall–Kier alpha value is -2.38. The number of aromatic nitrogens is 5. The molecule has 0 aliphatic rings. The molecule has 19 heavy (non-hydrogen) atoms. The lowest BCUT2D eigenvalue weighted by Crippen LogP contribution is -2.29. The van der Waals surface area contributed by atoms with Crippen molar-refractivity contribution in [1.29, 1.82) is 0 Å². The van der Waals surface area contributed by atoms with Gasteiger partial charge in [-0.2, -0.15) is 5.10 Å². The van der Waals surface area contributed by atoms with Crippen molar-refractivity contribution < 1.29 is 4.79 Å². The number of nitrogens with zero attached hydrogens (tertiary/aromatic N) is 5. The second kappa shape index (κ2) is 5.09. The highest BCUT2D eigenvalue weighted by Crippen LogP contribution is 2.12. The Morgan fingerprint density at radius 3 is 2.84 bits per heavy atom. The fraction of sp³-hybridized carbons (Fsp3) is 0.455. The van der Waals surface area contributed by atoms with Crippen LogP contribution >= 0.6 is 0 Å². The maximum atomic E-state index is 12.1. The van der Waals surface area contributed by atoms with Crippen LogP contribution in [-0.4, -0.2) is 30.5 Å². The van der Waals surface area contributed by atoms with E-state index in [0.717, 1.165) is 0 Å². The highest BCUT2D eigenvalue weighted by molar-refractivity contribution is 5.97. The molecule has 1 unspecified atom stereocenters. The number of nitrogens with one attached hydrogen (secondary N) is 1. The number of hydrogen-bond donors (Lipinski definition) is 2. The Labute approximate surface area is 110 Å². The van der Waals surface area contributed by atoms with Crippen LogP contribution in [0.3, 0.4) is 0 Å². The van der Waals surface area contributed by atoms with E-state index in [9.17, 15) is 4.79 Å². The largest absolute Gasteiger partial charge is 0.396 e. The Kier molecular flexibility index (Phi) is 3.50. The maximum absolute atomic E-state index is 12.1. The molecule has 0 aliphatic heterocycles. The van der Waals surface area contributed by atoms with Crippen molar-refractivity contribution in [2.75, 3.05) is 5.73 Å². The number of carbonyl (C=O) groups excluding carboxylic acids is 1. The van der Waals surface area contributed by atoms with Crippen molar-refractivity contribution in [3.63, 3.8) is 0 Å². The number of amides is 1. The molecule has 1 atom stereocenters. The summed E-state index contributed by atoms with van der Waals surface area (Å²) in [5.74, 6) is 0.349. The van der Waals surface area contributed by atoms with E-state index in [0.29, 0.717) is 18.1 Å². The summed E-state index contributed by atoms with van der Waals surface area (Å²) in [4.78, 5) is 12.1. The van der Waals surface area contributed by atoms with Crippen LogP contribution in [0.2, 0.25) is 0 Å². The van der Waals surface area contributed by atoms with Crippen molar-refractivity contribution in [3.05, 3.63) is 24.0 Å². The van der Waals surface area contributed by atoms with Gasteiger partial charge in [-0.25, -0.2) is 0 Å². The fourth-order valence-electron chi connectivity index (χ4n) is 1.79. The molecule has 3 N–H and O–H groups in total. The van der Waals surface area contributed by atoms with Crippen molar-refractivity contribution in [3.8, 4) is 0 Å². The molecule has 2 aromatic rings. The minimum absolute atomic E-state index is 0.232. The van der Waals surface area contributed by atoms with Crippen LogP contribution in [0, 0.1) is 0 Å². The molecule has 8 nitrogen and oxygen atoms in total. The highest BCUT2D eigenvalue weighted by Gasteiger charge is 2.19. The van der Waals surface area contributed by atoms with E-state index < -0.39 is 0 Å². The predicted octanol–water partition coefficient (Wildman–Crippen LogP) is 0.105. The molecule has 2 heterocycles. The number of rotatable bonds is 4. The van der Waals surface area contributed by atoms with Crippen molar-refractivity contribution in [2.24, 2.45) is 7.05 Å². The molecule has 0 fully saturated rings. The zero-order valence-corrected chi connectivity index (χ0v) is 11.2. The molecule has 0 bridgehead atoms. The third-order valence-corrected chi connectivity index (χ3v) is 2.81. The monoisotopic (exact) mass is 263 g/mol. The summed E-state index contributed by atoms with van der Waals surface area (Å²) in [7, 11) is 1.82. The smallest absolute Gasteiger partial charge is 0.274 e. The standard InChI is InChI=1S/C11H17N7O/c1-4-18-5-8(12)9(16-18)11(19)14-7(2)10-15-13-6-17(10)3/h5-7H,4,12H2,1-3H3,(H,14,19). The third kappa shape index (κ3) is 2.56. The summed E-state index contributed by atoms with van der Waals surface area (Å²) < 4.78 is 3.37. The molecule has 0 aliphatic carbocycles. The van der Waals surface area contributed by atoms with E-state index >= 15 is 0 Å². The van der Waals surface area contributed by atoms with E-state index in [-0.39, 0.29) is 17.6 Å². The van der Waals surface area contributed by atoms with Crippen molar-refractivity contribution in [1.82, 2.24) is 29.9 Å². The first-order valence-electron chi connectivity index (χ1n) is 6.00. The fourth-order valence-corrected chi connectivity index (χ4v) is 1.79. The average molecular weight is 263 g/mol. The van der Waals surface area contributed by atoms with Gasteiger partial charge in [0.15, 0.2) is 11.5 Å². The van der Waals surface area contributed by atoms with E-state index in [1.807, 2.05) is 20.9 Å². The van der Waals surface area contributed by atoms with E-state index in [1.54, 1.807) is 21.8 Å². The number of anilines is 1. The number of aryl methyl sites for hydroxylation is 2. The number of nitrogens with two attached hydrogens (primary N) is 1. The van der Waals surface area contributed by atoms with Crippen molar-refractivity contribution in [2.45, 2.75) is 26.4 Å². The predicted molar refractivity (Wildman–Crippen MR) is 69.2 cm³/mol. The first kappa shape index (κ1) is 13.1. The second-order valence-electron chi connectivity index (χ2n) is 4.28. The molecule has 102 valence electrons. The molecular formula is C11H17N7O. The van der Waals surface area contributed by atoms with Gasteiger partial charge >= 0.3 is 0 Å². The SMILES string of the molecule is CCn1cc(N)c(C(=O)NC(C)c2nncn2C)n1. The van der Waals surface area contributed by atoms with Gasteiger partial charge in [-0.1, -0.05) is 0 Å². The first-order valence-corrected chi connectivity index (χ1v) is 6.00. The molecule has 8 heteroatoms. The molecule has 2 rings (SSSR count). The molecular weight excluding hydrogens is 246 g/mol. The molecule has 0 aromatic carbocycles. The maximum Gasteiger partial charge on any atom is 0.274 e. The number of hydrogen-bond acceptors (Lipinski definition) is 5. The summed E-state index contributed by atoms with van der Waals surface area (Å²) in [6.45, 7) is 4.42.